The van der Waals surface area contributed by atoms with Crippen molar-refractivity contribution in [2.45, 2.75) is 11.4 Å². The van der Waals surface area contributed by atoms with E-state index in [1.807, 2.05) is 0 Å². The SMILES string of the molecule is CNS(=O)(=O)c1cc(N)ccc1NCc1ccon1. The largest absolute Gasteiger partial charge is 0.399 e. The molecular formula is C11H14N4O3S. The number of hydrogen-bond donors (Lipinski definition) is 3. The highest BCUT2D eigenvalue weighted by Gasteiger charge is 2.17. The molecule has 0 atom stereocenters. The highest BCUT2D eigenvalue weighted by Crippen LogP contribution is 2.24. The lowest BCUT2D eigenvalue weighted by Crippen LogP contribution is -2.20. The molecule has 2 rings (SSSR count). The molecular weight excluding hydrogens is 268 g/mol. The molecule has 7 nitrogen and oxygen atoms in total. The summed E-state index contributed by atoms with van der Waals surface area (Å²) in [7, 11) is -2.23. The molecule has 1 heterocycles. The van der Waals surface area contributed by atoms with Gasteiger partial charge < -0.3 is 15.6 Å². The molecule has 0 aliphatic rings. The van der Waals surface area contributed by atoms with Crippen LogP contribution in [-0.4, -0.2) is 20.6 Å². The summed E-state index contributed by atoms with van der Waals surface area (Å²) in [5, 5.41) is 6.72. The zero-order valence-electron chi connectivity index (χ0n) is 10.3. The second kappa shape index (κ2) is 5.29. The first-order valence-electron chi connectivity index (χ1n) is 5.49. The van der Waals surface area contributed by atoms with E-state index in [-0.39, 0.29) is 4.90 Å². The normalized spacial score (nSPS) is 11.4. The van der Waals surface area contributed by atoms with Crippen molar-refractivity contribution in [3.63, 3.8) is 0 Å². The third kappa shape index (κ3) is 3.04. The molecule has 0 radical (unpaired) electrons. The summed E-state index contributed by atoms with van der Waals surface area (Å²) in [5.74, 6) is 0. The molecule has 0 bridgehead atoms. The lowest BCUT2D eigenvalue weighted by molar-refractivity contribution is 0.412. The van der Waals surface area contributed by atoms with E-state index < -0.39 is 10.0 Å². The van der Waals surface area contributed by atoms with Crippen LogP contribution in [0.4, 0.5) is 11.4 Å². The first-order valence-corrected chi connectivity index (χ1v) is 6.97. The summed E-state index contributed by atoms with van der Waals surface area (Å²) in [6.45, 7) is 0.354. The van der Waals surface area contributed by atoms with E-state index >= 15 is 0 Å². The molecule has 8 heteroatoms. The topological polar surface area (TPSA) is 110 Å². The van der Waals surface area contributed by atoms with Gasteiger partial charge in [0.15, 0.2) is 0 Å². The van der Waals surface area contributed by atoms with Crippen LogP contribution >= 0.6 is 0 Å². The van der Waals surface area contributed by atoms with E-state index in [1.165, 1.54) is 19.4 Å². The average Bonchev–Trinajstić information content (AvgIpc) is 2.90. The molecule has 0 saturated carbocycles. The van der Waals surface area contributed by atoms with Crippen LogP contribution in [0.3, 0.4) is 0 Å². The Morgan fingerprint density at radius 3 is 2.79 bits per heavy atom. The number of nitrogens with zero attached hydrogens (tertiary/aromatic N) is 1. The van der Waals surface area contributed by atoms with Gasteiger partial charge in [-0.25, -0.2) is 13.1 Å². The predicted molar refractivity (Wildman–Crippen MR) is 70.9 cm³/mol. The number of hydrogen-bond acceptors (Lipinski definition) is 6. The lowest BCUT2D eigenvalue weighted by Gasteiger charge is -2.11. The van der Waals surface area contributed by atoms with E-state index in [9.17, 15) is 8.42 Å². The van der Waals surface area contributed by atoms with Gasteiger partial charge in [0, 0.05) is 11.8 Å². The Kier molecular flexibility index (Phi) is 3.72. The Morgan fingerprint density at radius 2 is 2.16 bits per heavy atom. The fourth-order valence-electron chi connectivity index (χ4n) is 1.53. The van der Waals surface area contributed by atoms with Crippen molar-refractivity contribution in [3.05, 3.63) is 36.2 Å². The molecule has 102 valence electrons. The van der Waals surface area contributed by atoms with Crippen LogP contribution in [0.2, 0.25) is 0 Å². The maximum Gasteiger partial charge on any atom is 0.242 e. The van der Waals surface area contributed by atoms with Crippen LogP contribution in [0.1, 0.15) is 5.69 Å². The Morgan fingerprint density at radius 1 is 1.37 bits per heavy atom. The smallest absolute Gasteiger partial charge is 0.242 e. The van der Waals surface area contributed by atoms with Gasteiger partial charge in [-0.05, 0) is 25.2 Å². The summed E-state index contributed by atoms with van der Waals surface area (Å²) in [5.41, 5.74) is 7.12. The third-order valence-corrected chi connectivity index (χ3v) is 3.97. The van der Waals surface area contributed by atoms with Crippen molar-refractivity contribution in [2.24, 2.45) is 0 Å². The fourth-order valence-corrected chi connectivity index (χ4v) is 2.47. The molecule has 1 aromatic heterocycles. The Bertz CT molecular complexity index is 653. The van der Waals surface area contributed by atoms with Crippen LogP contribution in [0.15, 0.2) is 39.9 Å². The molecule has 0 saturated heterocycles. The number of aromatic nitrogens is 1. The van der Waals surface area contributed by atoms with Crippen molar-refractivity contribution in [1.82, 2.24) is 9.88 Å². The van der Waals surface area contributed by atoms with Crippen LogP contribution in [0.5, 0.6) is 0 Å². The number of nitrogens with two attached hydrogens (primary N) is 1. The standard InChI is InChI=1S/C11H14N4O3S/c1-13-19(16,17)11-6-8(12)2-3-10(11)14-7-9-4-5-18-15-9/h2-6,13-14H,7,12H2,1H3. The molecule has 0 amide bonds. The van der Waals surface area contributed by atoms with E-state index in [0.717, 1.165) is 0 Å². The lowest BCUT2D eigenvalue weighted by atomic mass is 10.3. The Labute approximate surface area is 110 Å². The van der Waals surface area contributed by atoms with E-state index in [1.54, 1.807) is 18.2 Å². The van der Waals surface area contributed by atoms with Gasteiger partial charge in [0.25, 0.3) is 0 Å². The molecule has 0 fully saturated rings. The van der Waals surface area contributed by atoms with Gasteiger partial charge in [-0.1, -0.05) is 5.16 Å². The summed E-state index contributed by atoms with van der Waals surface area (Å²) in [6, 6.07) is 6.33. The van der Waals surface area contributed by atoms with Crippen molar-refractivity contribution < 1.29 is 12.9 Å². The van der Waals surface area contributed by atoms with Gasteiger partial charge in [-0.2, -0.15) is 0 Å². The summed E-state index contributed by atoms with van der Waals surface area (Å²) in [6.07, 6.45) is 1.45. The summed E-state index contributed by atoms with van der Waals surface area (Å²) >= 11 is 0. The minimum absolute atomic E-state index is 0.0958. The zero-order valence-corrected chi connectivity index (χ0v) is 11.1. The van der Waals surface area contributed by atoms with Crippen molar-refractivity contribution >= 4 is 21.4 Å². The van der Waals surface area contributed by atoms with E-state index in [2.05, 4.69) is 15.2 Å². The van der Waals surface area contributed by atoms with E-state index in [0.29, 0.717) is 23.6 Å². The molecule has 0 aliphatic carbocycles. The van der Waals surface area contributed by atoms with Gasteiger partial charge in [0.2, 0.25) is 10.0 Å². The molecule has 0 unspecified atom stereocenters. The zero-order chi connectivity index (χ0) is 13.9. The van der Waals surface area contributed by atoms with Crippen molar-refractivity contribution in [2.75, 3.05) is 18.1 Å². The highest BCUT2D eigenvalue weighted by atomic mass is 32.2. The molecule has 0 aliphatic heterocycles. The average molecular weight is 282 g/mol. The van der Waals surface area contributed by atoms with Gasteiger partial charge >= 0.3 is 0 Å². The maximum absolute atomic E-state index is 11.9. The summed E-state index contributed by atoms with van der Waals surface area (Å²) < 4.78 is 30.8. The second-order valence-corrected chi connectivity index (χ2v) is 5.66. The minimum Gasteiger partial charge on any atom is -0.399 e. The third-order valence-electron chi connectivity index (χ3n) is 2.52. The van der Waals surface area contributed by atoms with Crippen molar-refractivity contribution in [3.8, 4) is 0 Å². The van der Waals surface area contributed by atoms with Gasteiger partial charge in [0.1, 0.15) is 16.9 Å². The summed E-state index contributed by atoms with van der Waals surface area (Å²) in [4.78, 5) is 0.0958. The Hall–Kier alpha value is -2.06. The molecule has 4 N–H and O–H groups in total. The quantitative estimate of drug-likeness (QED) is 0.699. The Balaban J connectivity index is 2.30. The molecule has 0 spiro atoms. The second-order valence-electron chi connectivity index (χ2n) is 3.81. The maximum atomic E-state index is 11.9. The fraction of sp³-hybridized carbons (Fsp3) is 0.182. The van der Waals surface area contributed by atoms with Crippen LogP contribution in [-0.2, 0) is 16.6 Å². The first-order chi connectivity index (χ1) is 9.03. The first kappa shape index (κ1) is 13.4. The van der Waals surface area contributed by atoms with Gasteiger partial charge in [-0.15, -0.1) is 0 Å². The predicted octanol–water partition coefficient (Wildman–Crippen LogP) is 0.777. The highest BCUT2D eigenvalue weighted by molar-refractivity contribution is 7.89. The van der Waals surface area contributed by atoms with E-state index in [4.69, 9.17) is 10.3 Å². The van der Waals surface area contributed by atoms with Gasteiger partial charge in [-0.3, -0.25) is 0 Å². The molecule has 19 heavy (non-hydrogen) atoms. The number of anilines is 2. The van der Waals surface area contributed by atoms with Crippen molar-refractivity contribution in [1.29, 1.82) is 0 Å². The minimum atomic E-state index is -3.58. The van der Waals surface area contributed by atoms with Crippen LogP contribution in [0, 0.1) is 0 Å². The molecule has 1 aromatic carbocycles. The monoisotopic (exact) mass is 282 g/mol. The van der Waals surface area contributed by atoms with Crippen LogP contribution in [0.25, 0.3) is 0 Å². The molecule has 2 aromatic rings. The van der Waals surface area contributed by atoms with Crippen LogP contribution < -0.4 is 15.8 Å². The number of nitrogen functional groups attached to an aromatic ring is 1. The number of benzene rings is 1. The number of sulfonamides is 1. The number of rotatable bonds is 5. The number of nitrogens with one attached hydrogen (secondary N) is 2. The van der Waals surface area contributed by atoms with Gasteiger partial charge in [0.05, 0.1) is 12.2 Å².